The van der Waals surface area contributed by atoms with Gasteiger partial charge in [-0.2, -0.15) is 0 Å². The maximum absolute atomic E-state index is 13.7. The van der Waals surface area contributed by atoms with Crippen LogP contribution in [0.3, 0.4) is 0 Å². The number of halogens is 2. The fraction of sp³-hybridized carbons (Fsp3) is 0. The van der Waals surface area contributed by atoms with E-state index in [2.05, 4.69) is 0 Å². The number of hydrogen-bond donors (Lipinski definition) is 0. The molecule has 0 saturated carbocycles. The first-order valence-corrected chi connectivity index (χ1v) is 5.93. The van der Waals surface area contributed by atoms with Gasteiger partial charge < -0.3 is 4.57 Å². The van der Waals surface area contributed by atoms with Crippen LogP contribution in [0.25, 0.3) is 16.8 Å². The van der Waals surface area contributed by atoms with Crippen LogP contribution in [0.4, 0.5) is 8.78 Å². The van der Waals surface area contributed by atoms with Crippen LogP contribution >= 0.6 is 0 Å². The molecule has 0 aliphatic heterocycles. The molecule has 1 heterocycles. The highest BCUT2D eigenvalue weighted by molar-refractivity contribution is 5.66. The lowest BCUT2D eigenvalue weighted by Gasteiger charge is -2.07. The molecular formula is C16H11F2N. The fourth-order valence-electron chi connectivity index (χ4n) is 2.08. The summed E-state index contributed by atoms with van der Waals surface area (Å²) < 4.78 is 29.3. The summed E-state index contributed by atoms with van der Waals surface area (Å²) in [5.41, 5.74) is 1.50. The normalized spacial score (nSPS) is 10.6. The highest BCUT2D eigenvalue weighted by Crippen LogP contribution is 2.26. The molecule has 94 valence electrons. The van der Waals surface area contributed by atoms with E-state index < -0.39 is 11.6 Å². The smallest absolute Gasteiger partial charge is 0.133 e. The summed E-state index contributed by atoms with van der Waals surface area (Å²) in [6.07, 6.45) is 3.83. The van der Waals surface area contributed by atoms with Crippen LogP contribution < -0.4 is 0 Å². The Morgan fingerprint density at radius 1 is 0.684 bits per heavy atom. The van der Waals surface area contributed by atoms with Crippen LogP contribution in [0.1, 0.15) is 0 Å². The summed E-state index contributed by atoms with van der Waals surface area (Å²) in [4.78, 5) is 0. The molecule has 19 heavy (non-hydrogen) atoms. The van der Waals surface area contributed by atoms with Crippen molar-refractivity contribution in [3.8, 4) is 16.8 Å². The quantitative estimate of drug-likeness (QED) is 0.638. The van der Waals surface area contributed by atoms with Gasteiger partial charge >= 0.3 is 0 Å². The van der Waals surface area contributed by atoms with Crippen molar-refractivity contribution < 1.29 is 8.78 Å². The van der Waals surface area contributed by atoms with Gasteiger partial charge in [0.15, 0.2) is 0 Å². The van der Waals surface area contributed by atoms with Crippen LogP contribution in [-0.4, -0.2) is 4.57 Å². The van der Waals surface area contributed by atoms with Crippen LogP contribution in [-0.2, 0) is 0 Å². The Morgan fingerprint density at radius 2 is 1.26 bits per heavy atom. The van der Waals surface area contributed by atoms with Crippen molar-refractivity contribution in [2.45, 2.75) is 0 Å². The van der Waals surface area contributed by atoms with Crippen molar-refractivity contribution in [3.63, 3.8) is 0 Å². The summed E-state index contributed by atoms with van der Waals surface area (Å²) in [6.45, 7) is 0. The van der Waals surface area contributed by atoms with E-state index in [1.165, 1.54) is 18.2 Å². The third kappa shape index (κ3) is 2.15. The lowest BCUT2D eigenvalue weighted by atomic mass is 10.0. The molecule has 0 aliphatic rings. The van der Waals surface area contributed by atoms with Crippen molar-refractivity contribution in [1.29, 1.82) is 0 Å². The lowest BCUT2D eigenvalue weighted by Crippen LogP contribution is -1.92. The first-order valence-electron chi connectivity index (χ1n) is 5.93. The van der Waals surface area contributed by atoms with Crippen molar-refractivity contribution in [2.75, 3.05) is 0 Å². The molecule has 0 amide bonds. The van der Waals surface area contributed by atoms with E-state index in [1.54, 1.807) is 12.1 Å². The molecule has 3 aromatic rings. The van der Waals surface area contributed by atoms with Crippen LogP contribution in [0, 0.1) is 11.6 Å². The summed E-state index contributed by atoms with van der Waals surface area (Å²) in [6, 6.07) is 14.8. The van der Waals surface area contributed by atoms with E-state index in [0.717, 1.165) is 5.69 Å². The number of nitrogens with zero attached hydrogens (tertiary/aromatic N) is 1. The predicted octanol–water partition coefficient (Wildman–Crippen LogP) is 4.42. The van der Waals surface area contributed by atoms with Crippen LogP contribution in [0.15, 0.2) is 67.0 Å². The molecule has 0 spiro atoms. The molecule has 1 aromatic heterocycles. The maximum atomic E-state index is 13.7. The Labute approximate surface area is 109 Å². The maximum Gasteiger partial charge on any atom is 0.133 e. The van der Waals surface area contributed by atoms with Gasteiger partial charge in [0.1, 0.15) is 11.6 Å². The summed E-state index contributed by atoms with van der Waals surface area (Å²) in [7, 11) is 0. The molecular weight excluding hydrogens is 244 g/mol. The van der Waals surface area contributed by atoms with E-state index in [0.29, 0.717) is 5.56 Å². The molecule has 0 atom stereocenters. The second-order valence-electron chi connectivity index (χ2n) is 4.23. The molecule has 0 aliphatic carbocycles. The third-order valence-corrected chi connectivity index (χ3v) is 3.02. The molecule has 0 radical (unpaired) electrons. The molecule has 0 saturated heterocycles. The summed E-state index contributed by atoms with van der Waals surface area (Å²) in [5, 5.41) is 0. The van der Waals surface area contributed by atoms with Gasteiger partial charge in [0, 0.05) is 18.1 Å². The minimum absolute atomic E-state index is 0.0153. The van der Waals surface area contributed by atoms with E-state index in [-0.39, 0.29) is 5.56 Å². The SMILES string of the molecule is Fc1cccc(F)c1-c1ccc(-n2cccc2)cc1. The monoisotopic (exact) mass is 255 g/mol. The van der Waals surface area contributed by atoms with Gasteiger partial charge in [-0.05, 0) is 42.0 Å². The molecule has 0 fully saturated rings. The fourth-order valence-corrected chi connectivity index (χ4v) is 2.08. The number of benzene rings is 2. The topological polar surface area (TPSA) is 4.93 Å². The average molecular weight is 255 g/mol. The largest absolute Gasteiger partial charge is 0.324 e. The highest BCUT2D eigenvalue weighted by atomic mass is 19.1. The van der Waals surface area contributed by atoms with Crippen molar-refractivity contribution in [1.82, 2.24) is 4.57 Å². The van der Waals surface area contributed by atoms with Crippen LogP contribution in [0.2, 0.25) is 0 Å². The standard InChI is InChI=1S/C16H11F2N/c17-14-4-3-5-15(18)16(14)12-6-8-13(9-7-12)19-10-1-2-11-19/h1-11H. The first kappa shape index (κ1) is 11.7. The van der Waals surface area contributed by atoms with Gasteiger partial charge in [0.2, 0.25) is 0 Å². The molecule has 3 heteroatoms. The Balaban J connectivity index is 2.04. The third-order valence-electron chi connectivity index (χ3n) is 3.02. The Bertz CT molecular complexity index is 665. The minimum atomic E-state index is -0.547. The minimum Gasteiger partial charge on any atom is -0.324 e. The number of aromatic nitrogens is 1. The highest BCUT2D eigenvalue weighted by Gasteiger charge is 2.10. The zero-order valence-electron chi connectivity index (χ0n) is 10.1. The van der Waals surface area contributed by atoms with Crippen molar-refractivity contribution >= 4 is 0 Å². The lowest BCUT2D eigenvalue weighted by molar-refractivity contribution is 0.589. The van der Waals surface area contributed by atoms with Gasteiger partial charge in [-0.25, -0.2) is 8.78 Å². The zero-order valence-corrected chi connectivity index (χ0v) is 10.1. The summed E-state index contributed by atoms with van der Waals surface area (Å²) in [5.74, 6) is -1.09. The van der Waals surface area contributed by atoms with Crippen LogP contribution in [0.5, 0.6) is 0 Å². The Morgan fingerprint density at radius 3 is 1.84 bits per heavy atom. The second-order valence-corrected chi connectivity index (χ2v) is 4.23. The van der Waals surface area contributed by atoms with E-state index in [1.807, 2.05) is 41.2 Å². The molecule has 1 nitrogen and oxygen atoms in total. The zero-order chi connectivity index (χ0) is 13.2. The van der Waals surface area contributed by atoms with Gasteiger partial charge in [-0.3, -0.25) is 0 Å². The van der Waals surface area contributed by atoms with Gasteiger partial charge in [-0.15, -0.1) is 0 Å². The van der Waals surface area contributed by atoms with Gasteiger partial charge in [0.25, 0.3) is 0 Å². The molecule has 0 N–H and O–H groups in total. The Hall–Kier alpha value is -2.42. The van der Waals surface area contributed by atoms with E-state index in [4.69, 9.17) is 0 Å². The molecule has 2 aromatic carbocycles. The predicted molar refractivity (Wildman–Crippen MR) is 71.1 cm³/mol. The molecule has 3 rings (SSSR count). The number of rotatable bonds is 2. The second kappa shape index (κ2) is 4.69. The Kier molecular flexibility index (Phi) is 2.88. The van der Waals surface area contributed by atoms with Crippen molar-refractivity contribution in [2.24, 2.45) is 0 Å². The molecule has 0 bridgehead atoms. The van der Waals surface area contributed by atoms with Crippen molar-refractivity contribution in [3.05, 3.63) is 78.6 Å². The van der Waals surface area contributed by atoms with E-state index in [9.17, 15) is 8.78 Å². The van der Waals surface area contributed by atoms with E-state index >= 15 is 0 Å². The van der Waals surface area contributed by atoms with Gasteiger partial charge in [-0.1, -0.05) is 18.2 Å². The molecule has 0 unspecified atom stereocenters. The van der Waals surface area contributed by atoms with Gasteiger partial charge in [0.05, 0.1) is 5.56 Å². The average Bonchev–Trinajstić information content (AvgIpc) is 2.93. The first-order chi connectivity index (χ1) is 9.25. The number of hydrogen-bond acceptors (Lipinski definition) is 0. The summed E-state index contributed by atoms with van der Waals surface area (Å²) >= 11 is 0.